The van der Waals surface area contributed by atoms with Crippen molar-refractivity contribution in [2.45, 2.75) is 6.61 Å². The molecule has 0 unspecified atom stereocenters. The number of rotatable bonds is 4. The van der Waals surface area contributed by atoms with E-state index in [1.165, 1.54) is 6.08 Å². The molecule has 3 rings (SSSR count). The van der Waals surface area contributed by atoms with E-state index in [4.69, 9.17) is 4.74 Å². The molecule has 132 valence electrons. The molecule has 26 heavy (non-hydrogen) atoms. The summed E-state index contributed by atoms with van der Waals surface area (Å²) in [4.78, 5) is 35.0. The monoisotopic (exact) mass is 478 g/mol. The van der Waals surface area contributed by atoms with E-state index in [1.54, 1.807) is 18.2 Å². The van der Waals surface area contributed by atoms with Crippen LogP contribution in [0.5, 0.6) is 5.75 Å². The zero-order chi connectivity index (χ0) is 18.7. The lowest BCUT2D eigenvalue weighted by atomic mass is 10.1. The molecule has 4 amide bonds. The van der Waals surface area contributed by atoms with Gasteiger partial charge in [-0.1, -0.05) is 50.1 Å². The summed E-state index contributed by atoms with van der Waals surface area (Å²) in [6.07, 6.45) is 1.39. The summed E-state index contributed by atoms with van der Waals surface area (Å²) < 4.78 is 7.54. The van der Waals surface area contributed by atoms with Crippen molar-refractivity contribution in [3.05, 3.63) is 68.1 Å². The molecule has 8 heteroatoms. The molecule has 0 atom stereocenters. The summed E-state index contributed by atoms with van der Waals surface area (Å²) in [6.45, 7) is 0.302. The fourth-order valence-corrected chi connectivity index (χ4v) is 3.07. The van der Waals surface area contributed by atoms with Crippen LogP contribution in [0.25, 0.3) is 6.08 Å². The van der Waals surface area contributed by atoms with Crippen LogP contribution in [0.3, 0.4) is 0 Å². The van der Waals surface area contributed by atoms with Gasteiger partial charge in [0.1, 0.15) is 17.9 Å². The number of urea groups is 1. The Labute approximate surface area is 165 Å². The van der Waals surface area contributed by atoms with Gasteiger partial charge in [0.05, 0.1) is 0 Å². The Morgan fingerprint density at radius 3 is 2.35 bits per heavy atom. The molecule has 1 fully saturated rings. The lowest BCUT2D eigenvalue weighted by Crippen LogP contribution is -2.51. The van der Waals surface area contributed by atoms with Crippen LogP contribution in [-0.2, 0) is 16.2 Å². The second-order valence-corrected chi connectivity index (χ2v) is 7.13. The number of carbonyl (C=O) groups is 3. The third kappa shape index (κ3) is 4.20. The van der Waals surface area contributed by atoms with Crippen molar-refractivity contribution in [2.24, 2.45) is 0 Å². The number of halogens is 2. The van der Waals surface area contributed by atoms with Crippen LogP contribution >= 0.6 is 31.9 Å². The highest BCUT2D eigenvalue weighted by Gasteiger charge is 2.28. The van der Waals surface area contributed by atoms with Gasteiger partial charge in [-0.05, 0) is 30.3 Å². The second kappa shape index (κ2) is 7.84. The number of carbonyl (C=O) groups excluding carboxylic acids is 3. The van der Waals surface area contributed by atoms with Gasteiger partial charge in [-0.2, -0.15) is 0 Å². The van der Waals surface area contributed by atoms with Gasteiger partial charge < -0.3 is 4.74 Å². The van der Waals surface area contributed by atoms with Gasteiger partial charge >= 0.3 is 6.03 Å². The third-order valence-corrected chi connectivity index (χ3v) is 4.82. The van der Waals surface area contributed by atoms with E-state index in [2.05, 4.69) is 31.9 Å². The maximum absolute atomic E-state index is 11.9. The molecule has 1 saturated heterocycles. The predicted molar refractivity (Wildman–Crippen MR) is 102 cm³/mol. The summed E-state index contributed by atoms with van der Waals surface area (Å²) in [5, 5.41) is 4.09. The highest BCUT2D eigenvalue weighted by atomic mass is 79.9. The second-order valence-electron chi connectivity index (χ2n) is 5.36. The number of nitrogens with one attached hydrogen (secondary N) is 2. The van der Waals surface area contributed by atoms with Crippen LogP contribution < -0.4 is 15.4 Å². The quantitative estimate of drug-likeness (QED) is 0.518. The molecule has 0 aliphatic carbocycles. The van der Waals surface area contributed by atoms with E-state index >= 15 is 0 Å². The largest absolute Gasteiger partial charge is 0.488 e. The first-order valence-corrected chi connectivity index (χ1v) is 9.07. The van der Waals surface area contributed by atoms with Crippen LogP contribution in [0, 0.1) is 0 Å². The lowest BCUT2D eigenvalue weighted by molar-refractivity contribution is -0.123. The van der Waals surface area contributed by atoms with Crippen molar-refractivity contribution in [3.63, 3.8) is 0 Å². The average Bonchev–Trinajstić information content (AvgIpc) is 2.58. The molecule has 2 N–H and O–H groups in total. The minimum atomic E-state index is -0.836. The fraction of sp³-hybridized carbons (Fsp3) is 0.0556. The average molecular weight is 480 g/mol. The van der Waals surface area contributed by atoms with E-state index in [9.17, 15) is 14.4 Å². The molecule has 1 heterocycles. The summed E-state index contributed by atoms with van der Waals surface area (Å²) in [5.74, 6) is -1.01. The molecule has 0 saturated carbocycles. The van der Waals surface area contributed by atoms with Crippen LogP contribution in [-0.4, -0.2) is 17.8 Å². The molecule has 1 aliphatic rings. The number of barbiturate groups is 1. The Balaban J connectivity index is 1.90. The van der Waals surface area contributed by atoms with Gasteiger partial charge in [0.2, 0.25) is 0 Å². The smallest absolute Gasteiger partial charge is 0.328 e. The van der Waals surface area contributed by atoms with E-state index in [0.29, 0.717) is 17.9 Å². The predicted octanol–water partition coefficient (Wildman–Crippen LogP) is 3.54. The van der Waals surface area contributed by atoms with Crippen LogP contribution in [0.4, 0.5) is 4.79 Å². The van der Waals surface area contributed by atoms with E-state index in [1.807, 2.05) is 34.9 Å². The zero-order valence-electron chi connectivity index (χ0n) is 13.2. The highest BCUT2D eigenvalue weighted by Crippen LogP contribution is 2.27. The Bertz CT molecular complexity index is 919. The number of benzene rings is 2. The number of hydrogen-bond donors (Lipinski definition) is 2. The van der Waals surface area contributed by atoms with E-state index < -0.39 is 17.8 Å². The van der Waals surface area contributed by atoms with Crippen molar-refractivity contribution >= 4 is 55.8 Å². The summed E-state index contributed by atoms with van der Waals surface area (Å²) in [5.41, 5.74) is 1.31. The molecule has 0 radical (unpaired) electrons. The maximum Gasteiger partial charge on any atom is 0.328 e. The first-order valence-electron chi connectivity index (χ1n) is 7.48. The van der Waals surface area contributed by atoms with Crippen molar-refractivity contribution in [2.75, 3.05) is 0 Å². The molecule has 2 aromatic carbocycles. The lowest BCUT2D eigenvalue weighted by Gasteiger charge is -2.15. The molecule has 6 nitrogen and oxygen atoms in total. The summed E-state index contributed by atoms with van der Waals surface area (Å²) >= 11 is 6.82. The molecular weight excluding hydrogens is 468 g/mol. The maximum atomic E-state index is 11.9. The third-order valence-electron chi connectivity index (χ3n) is 3.56. The van der Waals surface area contributed by atoms with Crippen LogP contribution in [0.1, 0.15) is 11.1 Å². The van der Waals surface area contributed by atoms with Crippen molar-refractivity contribution in [3.8, 4) is 5.75 Å². The summed E-state index contributed by atoms with van der Waals surface area (Å²) in [7, 11) is 0. The highest BCUT2D eigenvalue weighted by molar-refractivity contribution is 9.10. The van der Waals surface area contributed by atoms with Gasteiger partial charge in [0.25, 0.3) is 11.8 Å². The van der Waals surface area contributed by atoms with Gasteiger partial charge in [0, 0.05) is 20.1 Å². The summed E-state index contributed by atoms with van der Waals surface area (Å²) in [6, 6.07) is 12.1. The number of hydrogen-bond acceptors (Lipinski definition) is 4. The minimum Gasteiger partial charge on any atom is -0.488 e. The number of imide groups is 2. The molecule has 2 aromatic rings. The topological polar surface area (TPSA) is 84.5 Å². The van der Waals surface area contributed by atoms with E-state index in [-0.39, 0.29) is 5.57 Å². The Morgan fingerprint density at radius 2 is 1.65 bits per heavy atom. The SMILES string of the molecule is O=C1NC(=O)C(=Cc2cc(Br)ccc2OCc2ccccc2Br)C(=O)N1. The standard InChI is InChI=1S/C18H12Br2N2O4/c19-12-5-6-15(26-9-10-3-1-2-4-14(10)20)11(7-12)8-13-16(23)21-18(25)22-17(13)24/h1-8H,9H2,(H2,21,22,23,24,25). The van der Waals surface area contributed by atoms with Gasteiger partial charge in [-0.25, -0.2) is 4.79 Å². The van der Waals surface area contributed by atoms with Gasteiger partial charge in [-0.3, -0.25) is 20.2 Å². The van der Waals surface area contributed by atoms with Gasteiger partial charge in [0.15, 0.2) is 0 Å². The Morgan fingerprint density at radius 1 is 0.962 bits per heavy atom. The van der Waals surface area contributed by atoms with Crippen molar-refractivity contribution < 1.29 is 19.1 Å². The molecule has 0 bridgehead atoms. The molecule has 0 aromatic heterocycles. The molecule has 0 spiro atoms. The minimum absolute atomic E-state index is 0.173. The number of amides is 4. The first-order chi connectivity index (χ1) is 12.4. The van der Waals surface area contributed by atoms with Gasteiger partial charge in [-0.15, -0.1) is 0 Å². The van der Waals surface area contributed by atoms with Crippen LogP contribution in [0.2, 0.25) is 0 Å². The first kappa shape index (κ1) is 18.3. The normalized spacial score (nSPS) is 13.9. The molecular formula is C18H12Br2N2O4. The fourth-order valence-electron chi connectivity index (χ4n) is 2.30. The molecule has 1 aliphatic heterocycles. The number of ether oxygens (including phenoxy) is 1. The van der Waals surface area contributed by atoms with Crippen molar-refractivity contribution in [1.29, 1.82) is 0 Å². The van der Waals surface area contributed by atoms with Crippen LogP contribution in [0.15, 0.2) is 57.0 Å². The van der Waals surface area contributed by atoms with E-state index in [0.717, 1.165) is 14.5 Å². The Kier molecular flexibility index (Phi) is 5.53. The zero-order valence-corrected chi connectivity index (χ0v) is 16.4. The Hall–Kier alpha value is -2.45. The van der Waals surface area contributed by atoms with Crippen molar-refractivity contribution in [1.82, 2.24) is 10.6 Å².